The molecule has 0 radical (unpaired) electrons. The van der Waals surface area contributed by atoms with Crippen LogP contribution in [0.5, 0.6) is 0 Å². The number of nitrogens with zero attached hydrogens (tertiary/aromatic N) is 2. The molecule has 0 aliphatic rings. The molecular formula is C25H26FN3O3. The number of hydrogen-bond acceptors (Lipinski definition) is 5. The summed E-state index contributed by atoms with van der Waals surface area (Å²) in [6.07, 6.45) is 2.46. The predicted molar refractivity (Wildman–Crippen MR) is 121 cm³/mol. The number of aromatic nitrogens is 1. The fourth-order valence-electron chi connectivity index (χ4n) is 3.13. The van der Waals surface area contributed by atoms with Gasteiger partial charge in [-0.05, 0) is 74.2 Å². The molecule has 0 spiro atoms. The Morgan fingerprint density at radius 3 is 2.19 bits per heavy atom. The Kier molecular flexibility index (Phi) is 7.00. The second kappa shape index (κ2) is 9.70. The number of hydrogen-bond donors (Lipinski definition) is 1. The van der Waals surface area contributed by atoms with E-state index in [1.807, 2.05) is 12.1 Å². The summed E-state index contributed by atoms with van der Waals surface area (Å²) >= 11 is 0. The van der Waals surface area contributed by atoms with E-state index >= 15 is 0 Å². The summed E-state index contributed by atoms with van der Waals surface area (Å²) in [5.41, 5.74) is 7.73. The van der Waals surface area contributed by atoms with Gasteiger partial charge in [-0.25, -0.2) is 14.1 Å². The molecule has 32 heavy (non-hydrogen) atoms. The molecule has 166 valence electrons. The van der Waals surface area contributed by atoms with Crippen molar-refractivity contribution < 1.29 is 18.7 Å². The molecule has 0 fully saturated rings. The van der Waals surface area contributed by atoms with Crippen molar-refractivity contribution in [3.8, 4) is 11.1 Å². The van der Waals surface area contributed by atoms with E-state index in [0.29, 0.717) is 11.3 Å². The van der Waals surface area contributed by atoms with Gasteiger partial charge in [-0.1, -0.05) is 30.3 Å². The number of anilines is 1. The molecule has 3 aromatic rings. The van der Waals surface area contributed by atoms with Gasteiger partial charge in [0.15, 0.2) is 0 Å². The van der Waals surface area contributed by atoms with Crippen molar-refractivity contribution in [2.75, 3.05) is 4.90 Å². The van der Waals surface area contributed by atoms with Gasteiger partial charge < -0.3 is 10.5 Å². The first-order valence-electron chi connectivity index (χ1n) is 10.2. The molecule has 7 heteroatoms. The molecular weight excluding hydrogens is 409 g/mol. The van der Waals surface area contributed by atoms with Crippen molar-refractivity contribution in [3.05, 3.63) is 84.4 Å². The van der Waals surface area contributed by atoms with Crippen molar-refractivity contribution in [2.24, 2.45) is 5.73 Å². The third-order valence-corrected chi connectivity index (χ3v) is 4.65. The Hall–Kier alpha value is -3.58. The van der Waals surface area contributed by atoms with Gasteiger partial charge in [-0.2, -0.15) is 0 Å². The van der Waals surface area contributed by atoms with Crippen LogP contribution in [0.25, 0.3) is 11.1 Å². The van der Waals surface area contributed by atoms with Gasteiger partial charge in [0.2, 0.25) is 0 Å². The van der Waals surface area contributed by atoms with Crippen LogP contribution >= 0.6 is 0 Å². The number of carbonyl (C=O) groups is 2. The molecule has 1 atom stereocenters. The maximum absolute atomic E-state index is 14.0. The van der Waals surface area contributed by atoms with Crippen LogP contribution in [0.1, 0.15) is 26.3 Å². The van der Waals surface area contributed by atoms with E-state index in [0.717, 1.165) is 16.0 Å². The Labute approximate surface area is 186 Å². The zero-order chi connectivity index (χ0) is 23.3. The fourth-order valence-corrected chi connectivity index (χ4v) is 3.13. The number of rotatable bonds is 5. The average molecular weight is 435 g/mol. The van der Waals surface area contributed by atoms with E-state index in [4.69, 9.17) is 10.5 Å². The Morgan fingerprint density at radius 1 is 1.00 bits per heavy atom. The lowest BCUT2D eigenvalue weighted by atomic mass is 10.0. The minimum Gasteiger partial charge on any atom is -0.443 e. The number of amides is 2. The zero-order valence-corrected chi connectivity index (χ0v) is 18.3. The smallest absolute Gasteiger partial charge is 0.421 e. The summed E-state index contributed by atoms with van der Waals surface area (Å²) in [5, 5.41) is 0. The molecule has 3 rings (SSSR count). The zero-order valence-electron chi connectivity index (χ0n) is 18.3. The molecule has 1 aromatic heterocycles. The van der Waals surface area contributed by atoms with Gasteiger partial charge >= 0.3 is 6.09 Å². The second-order valence-electron chi connectivity index (χ2n) is 8.34. The lowest BCUT2D eigenvalue weighted by Gasteiger charge is -2.28. The number of imide groups is 1. The highest BCUT2D eigenvalue weighted by Crippen LogP contribution is 2.25. The molecule has 0 saturated carbocycles. The normalized spacial score (nSPS) is 12.2. The topological polar surface area (TPSA) is 85.5 Å². The summed E-state index contributed by atoms with van der Waals surface area (Å²) < 4.78 is 19.5. The maximum Gasteiger partial charge on any atom is 0.421 e. The molecule has 0 saturated heterocycles. The van der Waals surface area contributed by atoms with Crippen LogP contribution in [-0.2, 0) is 16.0 Å². The molecule has 0 aliphatic heterocycles. The van der Waals surface area contributed by atoms with Gasteiger partial charge in [0, 0.05) is 12.4 Å². The highest BCUT2D eigenvalue weighted by atomic mass is 19.1. The SMILES string of the molecule is CC(C)(C)OC(=O)N(C(=O)[C@H](N)Cc1ccccc1F)c1ccc(-c2ccncc2)cc1. The van der Waals surface area contributed by atoms with E-state index in [2.05, 4.69) is 4.98 Å². The van der Waals surface area contributed by atoms with Gasteiger partial charge in [0.1, 0.15) is 11.4 Å². The number of carbonyl (C=O) groups excluding carboxylic acids is 2. The second-order valence-corrected chi connectivity index (χ2v) is 8.34. The largest absolute Gasteiger partial charge is 0.443 e. The quantitative estimate of drug-likeness (QED) is 0.626. The molecule has 1 heterocycles. The number of halogens is 1. The molecule has 0 aliphatic carbocycles. The first-order chi connectivity index (χ1) is 15.2. The van der Waals surface area contributed by atoms with Crippen LogP contribution in [0.3, 0.4) is 0 Å². The summed E-state index contributed by atoms with van der Waals surface area (Å²) in [7, 11) is 0. The fraction of sp³-hybridized carbons (Fsp3) is 0.240. The number of benzene rings is 2. The Balaban J connectivity index is 1.90. The van der Waals surface area contributed by atoms with Crippen LogP contribution in [0.2, 0.25) is 0 Å². The molecule has 2 aromatic carbocycles. The van der Waals surface area contributed by atoms with Crippen LogP contribution in [0.15, 0.2) is 73.1 Å². The van der Waals surface area contributed by atoms with Crippen molar-refractivity contribution in [2.45, 2.75) is 38.8 Å². The summed E-state index contributed by atoms with van der Waals surface area (Å²) in [6.45, 7) is 5.12. The van der Waals surface area contributed by atoms with Crippen LogP contribution in [0.4, 0.5) is 14.9 Å². The molecule has 2 amide bonds. The molecule has 2 N–H and O–H groups in total. The van der Waals surface area contributed by atoms with Crippen molar-refractivity contribution in [1.82, 2.24) is 4.98 Å². The van der Waals surface area contributed by atoms with E-state index in [-0.39, 0.29) is 6.42 Å². The van der Waals surface area contributed by atoms with Gasteiger partial charge in [0.25, 0.3) is 5.91 Å². The molecule has 0 unspecified atom stereocenters. The number of ether oxygens (including phenoxy) is 1. The van der Waals surface area contributed by atoms with E-state index < -0.39 is 29.5 Å². The first-order valence-corrected chi connectivity index (χ1v) is 10.2. The van der Waals surface area contributed by atoms with Crippen LogP contribution in [0, 0.1) is 5.82 Å². The van der Waals surface area contributed by atoms with Crippen molar-refractivity contribution >= 4 is 17.7 Å². The predicted octanol–water partition coefficient (Wildman–Crippen LogP) is 4.73. The van der Waals surface area contributed by atoms with Crippen LogP contribution < -0.4 is 10.6 Å². The lowest BCUT2D eigenvalue weighted by molar-refractivity contribution is -0.119. The summed E-state index contributed by atoms with van der Waals surface area (Å²) in [4.78, 5) is 31.0. The lowest BCUT2D eigenvalue weighted by Crippen LogP contribution is -2.49. The van der Waals surface area contributed by atoms with Crippen LogP contribution in [-0.4, -0.2) is 28.6 Å². The highest BCUT2D eigenvalue weighted by molar-refractivity contribution is 6.14. The van der Waals surface area contributed by atoms with E-state index in [1.54, 1.807) is 75.6 Å². The summed E-state index contributed by atoms with van der Waals surface area (Å²) in [5.74, 6) is -1.14. The Morgan fingerprint density at radius 2 is 1.59 bits per heavy atom. The maximum atomic E-state index is 14.0. The third kappa shape index (κ3) is 5.76. The van der Waals surface area contributed by atoms with Gasteiger partial charge in [0.05, 0.1) is 11.7 Å². The minimum absolute atomic E-state index is 0.0557. The Bertz CT molecular complexity index is 1080. The first kappa shape index (κ1) is 23.1. The standard InChI is InChI=1S/C25H26FN3O3/c1-25(2,3)32-24(31)29(23(30)22(27)16-19-6-4-5-7-21(19)26)20-10-8-17(9-11-20)18-12-14-28-15-13-18/h4-15,22H,16,27H2,1-3H3/t22-/m1/s1. The molecule has 0 bridgehead atoms. The monoisotopic (exact) mass is 435 g/mol. The van der Waals surface area contributed by atoms with Gasteiger partial charge in [-0.3, -0.25) is 9.78 Å². The summed E-state index contributed by atoms with van der Waals surface area (Å²) in [6, 6.07) is 15.5. The third-order valence-electron chi connectivity index (χ3n) is 4.65. The average Bonchev–Trinajstić information content (AvgIpc) is 2.75. The van der Waals surface area contributed by atoms with E-state index in [1.165, 1.54) is 6.07 Å². The molecule has 6 nitrogen and oxygen atoms in total. The van der Waals surface area contributed by atoms with Crippen molar-refractivity contribution in [1.29, 1.82) is 0 Å². The minimum atomic E-state index is -1.14. The number of pyridine rings is 1. The van der Waals surface area contributed by atoms with E-state index in [9.17, 15) is 14.0 Å². The highest BCUT2D eigenvalue weighted by Gasteiger charge is 2.32. The van der Waals surface area contributed by atoms with Gasteiger partial charge in [-0.15, -0.1) is 0 Å². The number of nitrogens with two attached hydrogens (primary N) is 1. The van der Waals surface area contributed by atoms with Crippen molar-refractivity contribution in [3.63, 3.8) is 0 Å².